The predicted octanol–water partition coefficient (Wildman–Crippen LogP) is 3.96. The number of hydrogen-bond donors (Lipinski definition) is 1. The molecule has 1 saturated heterocycles. The average molecular weight is 538 g/mol. The molecule has 4 aromatic rings. The van der Waals surface area contributed by atoms with Gasteiger partial charge in [-0.3, -0.25) is 9.20 Å². The molecule has 6 heterocycles. The Labute approximate surface area is 230 Å². The minimum atomic E-state index is -1.39. The number of halogens is 1. The van der Waals surface area contributed by atoms with E-state index in [1.165, 1.54) is 0 Å². The summed E-state index contributed by atoms with van der Waals surface area (Å²) in [4.78, 5) is 34.7. The van der Waals surface area contributed by atoms with Crippen LogP contribution < -0.4 is 5.32 Å². The van der Waals surface area contributed by atoms with E-state index in [9.17, 15) is 19.2 Å². The topological polar surface area (TPSA) is 98.7 Å². The zero-order valence-electron chi connectivity index (χ0n) is 22.2. The van der Waals surface area contributed by atoms with Crippen LogP contribution in [-0.2, 0) is 17.9 Å². The summed E-state index contributed by atoms with van der Waals surface area (Å²) in [6, 6.07) is 11.5. The fraction of sp³-hybridized carbons (Fsp3) is 0.333. The zero-order chi connectivity index (χ0) is 27.6. The van der Waals surface area contributed by atoms with E-state index in [0.717, 1.165) is 33.4 Å². The van der Waals surface area contributed by atoms with Gasteiger partial charge in [0, 0.05) is 49.5 Å². The lowest BCUT2D eigenvalue weighted by atomic mass is 9.97. The van der Waals surface area contributed by atoms with E-state index in [2.05, 4.69) is 20.9 Å². The number of fused-ring (bicyclic) bond motifs is 1. The standard InChI is InChI=1S/C30H28FN7O2/c1-30(31)6-4-7-37(18-30)29(40)36-10-9-35-17-22(21-12-19(13-32)11-20(16-36)28(21)35)26-24(39)15-34-27(26)23-14-33-25-5-2-3-8-38(23)25/h2-3,5,8,11-12,14,17,34H,4,6-7,9-10,15-16,18H2,1H3. The number of likely N-dealkylation sites (tertiary alicyclic amines) is 1. The van der Waals surface area contributed by atoms with Gasteiger partial charge in [0.2, 0.25) is 0 Å². The van der Waals surface area contributed by atoms with E-state index in [0.29, 0.717) is 55.9 Å². The van der Waals surface area contributed by atoms with E-state index >= 15 is 0 Å². The number of nitriles is 1. The Morgan fingerprint density at radius 3 is 2.90 bits per heavy atom. The zero-order valence-corrected chi connectivity index (χ0v) is 22.2. The van der Waals surface area contributed by atoms with Crippen molar-refractivity contribution >= 4 is 39.6 Å². The van der Waals surface area contributed by atoms with Gasteiger partial charge in [-0.05, 0) is 49.6 Å². The first kappa shape index (κ1) is 24.4. The number of ketones is 1. The number of imidazole rings is 1. The van der Waals surface area contributed by atoms with Crippen LogP contribution in [0, 0.1) is 11.3 Å². The van der Waals surface area contributed by atoms with Crippen LogP contribution >= 0.6 is 0 Å². The van der Waals surface area contributed by atoms with Gasteiger partial charge in [0.15, 0.2) is 5.78 Å². The molecule has 1 N–H and O–H groups in total. The summed E-state index contributed by atoms with van der Waals surface area (Å²) in [7, 11) is 0. The number of pyridine rings is 1. The number of nitrogens with one attached hydrogen (secondary N) is 1. The largest absolute Gasteiger partial charge is 0.375 e. The van der Waals surface area contributed by atoms with Crippen molar-refractivity contribution in [3.8, 4) is 6.07 Å². The monoisotopic (exact) mass is 537 g/mol. The van der Waals surface area contributed by atoms with Gasteiger partial charge in [-0.15, -0.1) is 0 Å². The molecule has 1 fully saturated rings. The van der Waals surface area contributed by atoms with E-state index in [1.54, 1.807) is 22.9 Å². The molecule has 1 aromatic carbocycles. The van der Waals surface area contributed by atoms with Gasteiger partial charge in [0.25, 0.3) is 0 Å². The highest BCUT2D eigenvalue weighted by atomic mass is 19.1. The highest BCUT2D eigenvalue weighted by Crippen LogP contribution is 2.38. The lowest BCUT2D eigenvalue weighted by Crippen LogP contribution is -2.51. The number of rotatable bonds is 2. The Morgan fingerprint density at radius 1 is 1.20 bits per heavy atom. The van der Waals surface area contributed by atoms with Gasteiger partial charge in [0.05, 0.1) is 53.4 Å². The molecule has 7 rings (SSSR count). The van der Waals surface area contributed by atoms with Gasteiger partial charge >= 0.3 is 6.03 Å². The van der Waals surface area contributed by atoms with Crippen LogP contribution in [0.2, 0.25) is 0 Å². The molecule has 1 atom stereocenters. The maximum absolute atomic E-state index is 14.7. The van der Waals surface area contributed by atoms with Crippen LogP contribution in [0.15, 0.2) is 48.9 Å². The highest BCUT2D eigenvalue weighted by molar-refractivity contribution is 6.33. The molecule has 202 valence electrons. The molecule has 0 radical (unpaired) electrons. The Kier molecular flexibility index (Phi) is 5.46. The van der Waals surface area contributed by atoms with Crippen molar-refractivity contribution in [1.29, 1.82) is 5.26 Å². The normalized spacial score (nSPS) is 21.2. The number of urea groups is 1. The summed E-state index contributed by atoms with van der Waals surface area (Å²) in [5.41, 5.74) is 4.42. The molecule has 0 saturated carbocycles. The quantitative estimate of drug-likeness (QED) is 0.417. The van der Waals surface area contributed by atoms with E-state index in [-0.39, 0.29) is 24.9 Å². The third-order valence-electron chi connectivity index (χ3n) is 8.24. The van der Waals surface area contributed by atoms with Crippen LogP contribution in [0.25, 0.3) is 27.8 Å². The number of carbonyl (C=O) groups is 2. The first-order valence-electron chi connectivity index (χ1n) is 13.6. The molecule has 9 nitrogen and oxygen atoms in total. The van der Waals surface area contributed by atoms with Crippen molar-refractivity contribution in [2.75, 3.05) is 26.2 Å². The SMILES string of the molecule is CC1(F)CCCN(C(=O)N2CCn3cc(C4=C(c5cnc6ccccn56)NCC4=O)c4cc(C#N)cc(c43)C2)C1. The smallest absolute Gasteiger partial charge is 0.320 e. The van der Waals surface area contributed by atoms with Crippen molar-refractivity contribution in [2.45, 2.75) is 38.5 Å². The van der Waals surface area contributed by atoms with E-state index in [1.807, 2.05) is 47.1 Å². The van der Waals surface area contributed by atoms with Crippen LogP contribution in [0.5, 0.6) is 0 Å². The number of benzene rings is 1. The molecule has 40 heavy (non-hydrogen) atoms. The van der Waals surface area contributed by atoms with Crippen LogP contribution in [-0.4, -0.2) is 67.4 Å². The van der Waals surface area contributed by atoms with Crippen LogP contribution in [0.4, 0.5) is 9.18 Å². The van der Waals surface area contributed by atoms with Gasteiger partial charge in [0.1, 0.15) is 11.3 Å². The van der Waals surface area contributed by atoms with Gasteiger partial charge in [-0.25, -0.2) is 14.2 Å². The fourth-order valence-corrected chi connectivity index (χ4v) is 6.43. The second-order valence-corrected chi connectivity index (χ2v) is 11.1. The average Bonchev–Trinajstić information content (AvgIpc) is 3.60. The molecule has 2 amide bonds. The molecule has 1 unspecified atom stereocenters. The first-order chi connectivity index (χ1) is 19.3. The number of hydrogen-bond acceptors (Lipinski definition) is 5. The summed E-state index contributed by atoms with van der Waals surface area (Å²) in [6.07, 6.45) is 6.73. The summed E-state index contributed by atoms with van der Waals surface area (Å²) < 4.78 is 18.8. The molecular weight excluding hydrogens is 509 g/mol. The Balaban J connectivity index is 1.33. The molecule has 10 heteroatoms. The number of amides is 2. The second kappa shape index (κ2) is 8.95. The van der Waals surface area contributed by atoms with E-state index < -0.39 is 5.67 Å². The van der Waals surface area contributed by atoms with Gasteiger partial charge in [-0.1, -0.05) is 6.07 Å². The summed E-state index contributed by atoms with van der Waals surface area (Å²) in [5, 5.41) is 14.0. The first-order valence-corrected chi connectivity index (χ1v) is 13.6. The Morgan fingerprint density at radius 2 is 2.08 bits per heavy atom. The molecule has 3 aromatic heterocycles. The number of nitrogens with zero attached hydrogens (tertiary/aromatic N) is 6. The van der Waals surface area contributed by atoms with Crippen LogP contribution in [0.3, 0.4) is 0 Å². The minimum Gasteiger partial charge on any atom is -0.375 e. The van der Waals surface area contributed by atoms with Crippen LogP contribution in [0.1, 0.15) is 42.1 Å². The maximum atomic E-state index is 14.7. The molecular formula is C30H28FN7O2. The van der Waals surface area contributed by atoms with Crippen molar-refractivity contribution < 1.29 is 14.0 Å². The number of piperidine rings is 1. The molecule has 3 aliphatic heterocycles. The minimum absolute atomic E-state index is 0.0305. The second-order valence-electron chi connectivity index (χ2n) is 11.1. The number of Topliss-reactive ketones (excluding diaryl/α,β-unsaturated/α-hetero) is 1. The molecule has 3 aliphatic rings. The Hall–Kier alpha value is -4.65. The predicted molar refractivity (Wildman–Crippen MR) is 148 cm³/mol. The molecule has 0 bridgehead atoms. The summed E-state index contributed by atoms with van der Waals surface area (Å²) in [5.74, 6) is -0.0305. The number of alkyl halides is 1. The van der Waals surface area contributed by atoms with Gasteiger partial charge in [-0.2, -0.15) is 5.26 Å². The third-order valence-corrected chi connectivity index (χ3v) is 8.24. The number of carbonyl (C=O) groups excluding carboxylic acids is 2. The van der Waals surface area contributed by atoms with Crippen molar-refractivity contribution in [1.82, 2.24) is 29.1 Å². The van der Waals surface area contributed by atoms with Crippen molar-refractivity contribution in [3.05, 3.63) is 71.3 Å². The highest BCUT2D eigenvalue weighted by Gasteiger charge is 2.36. The third kappa shape index (κ3) is 3.84. The Bertz CT molecular complexity index is 1790. The summed E-state index contributed by atoms with van der Waals surface area (Å²) in [6.45, 7) is 3.60. The number of aromatic nitrogens is 3. The lowest BCUT2D eigenvalue weighted by molar-refractivity contribution is -0.112. The lowest BCUT2D eigenvalue weighted by Gasteiger charge is -2.38. The van der Waals surface area contributed by atoms with Gasteiger partial charge < -0.3 is 19.7 Å². The molecule has 0 aliphatic carbocycles. The fourth-order valence-electron chi connectivity index (χ4n) is 6.43. The van der Waals surface area contributed by atoms with Crippen molar-refractivity contribution in [3.63, 3.8) is 0 Å². The summed E-state index contributed by atoms with van der Waals surface area (Å²) >= 11 is 0. The van der Waals surface area contributed by atoms with E-state index in [4.69, 9.17) is 0 Å². The maximum Gasteiger partial charge on any atom is 0.320 e. The van der Waals surface area contributed by atoms with Crippen molar-refractivity contribution in [2.24, 2.45) is 0 Å². The molecule has 0 spiro atoms.